The van der Waals surface area contributed by atoms with E-state index in [-0.39, 0.29) is 6.61 Å². The van der Waals surface area contributed by atoms with Crippen molar-refractivity contribution in [3.05, 3.63) is 12.7 Å². The second-order valence-corrected chi connectivity index (χ2v) is 3.29. The van der Waals surface area contributed by atoms with Crippen LogP contribution in [0, 0.1) is 0 Å². The molecule has 13 heavy (non-hydrogen) atoms. The topological polar surface area (TPSA) is 58.9 Å². The number of carbonyl (C=O) groups excluding carboxylic acids is 1. The van der Waals surface area contributed by atoms with Gasteiger partial charge >= 0.3 is 0 Å². The van der Waals surface area contributed by atoms with Crippen LogP contribution >= 0.6 is 0 Å². The fraction of sp³-hybridized carbons (Fsp3) is 0.556. The van der Waals surface area contributed by atoms with E-state index in [2.05, 4.69) is 11.6 Å². The van der Waals surface area contributed by atoms with Crippen molar-refractivity contribution in [3.63, 3.8) is 0 Å². The number of hydrogen-bond acceptors (Lipinski definition) is 4. The first-order chi connectivity index (χ1) is 5.99. The molecule has 2 atom stereocenters. The molecular formula is C9H13NO3. The number of aliphatic hydroxyl groups excluding tert-OH is 1. The first kappa shape index (κ1) is 9.92. The zero-order valence-corrected chi connectivity index (χ0v) is 7.78. The summed E-state index contributed by atoms with van der Waals surface area (Å²) < 4.78 is 5.09. The van der Waals surface area contributed by atoms with Crippen LogP contribution in [0.15, 0.2) is 17.6 Å². The van der Waals surface area contributed by atoms with Crippen molar-refractivity contribution in [2.75, 3.05) is 6.61 Å². The lowest BCUT2D eigenvalue weighted by Gasteiger charge is -2.22. The van der Waals surface area contributed by atoms with Gasteiger partial charge < -0.3 is 9.84 Å². The Balaban J connectivity index is 2.82. The van der Waals surface area contributed by atoms with Crippen molar-refractivity contribution in [2.45, 2.75) is 25.5 Å². The minimum atomic E-state index is -1.16. The molecule has 0 saturated carbocycles. The van der Waals surface area contributed by atoms with Gasteiger partial charge in [0.1, 0.15) is 18.2 Å². The summed E-state index contributed by atoms with van der Waals surface area (Å²) in [5.74, 6) is 0.0722. The van der Waals surface area contributed by atoms with Crippen LogP contribution in [0.1, 0.15) is 13.8 Å². The third kappa shape index (κ3) is 1.78. The van der Waals surface area contributed by atoms with Crippen LogP contribution < -0.4 is 0 Å². The number of ether oxygens (including phenoxy) is 1. The molecule has 1 N–H and O–H groups in total. The molecular weight excluding hydrogens is 170 g/mol. The fourth-order valence-electron chi connectivity index (χ4n) is 1.23. The third-order valence-electron chi connectivity index (χ3n) is 2.05. The van der Waals surface area contributed by atoms with Gasteiger partial charge in [0.05, 0.1) is 0 Å². The Labute approximate surface area is 76.9 Å². The summed E-state index contributed by atoms with van der Waals surface area (Å²) in [5.41, 5.74) is -0.852. The van der Waals surface area contributed by atoms with Gasteiger partial charge in [-0.25, -0.2) is 4.99 Å². The van der Waals surface area contributed by atoms with Gasteiger partial charge in [0.25, 0.3) is 0 Å². The summed E-state index contributed by atoms with van der Waals surface area (Å²) >= 11 is 0. The van der Waals surface area contributed by atoms with Crippen LogP contribution in [0.5, 0.6) is 0 Å². The highest BCUT2D eigenvalue weighted by Gasteiger charge is 2.40. The van der Waals surface area contributed by atoms with Gasteiger partial charge in [-0.2, -0.15) is 0 Å². The van der Waals surface area contributed by atoms with Crippen LogP contribution in [-0.2, 0) is 9.53 Å². The maximum Gasteiger partial charge on any atom is 0.186 e. The largest absolute Gasteiger partial charge is 0.479 e. The molecule has 0 aromatic rings. The predicted octanol–water partition coefficient (Wildman–Crippen LogP) is 0.310. The highest BCUT2D eigenvalue weighted by Crippen LogP contribution is 2.23. The summed E-state index contributed by atoms with van der Waals surface area (Å²) in [7, 11) is 0. The van der Waals surface area contributed by atoms with E-state index in [1.165, 1.54) is 0 Å². The minimum Gasteiger partial charge on any atom is -0.479 e. The van der Waals surface area contributed by atoms with Gasteiger partial charge in [-0.3, -0.25) is 4.79 Å². The van der Waals surface area contributed by atoms with Crippen molar-refractivity contribution in [1.82, 2.24) is 0 Å². The molecule has 1 aliphatic rings. The summed E-state index contributed by atoms with van der Waals surface area (Å²) in [4.78, 5) is 15.2. The van der Waals surface area contributed by atoms with Crippen molar-refractivity contribution < 1.29 is 14.6 Å². The monoisotopic (exact) mass is 183 g/mol. The Kier molecular flexibility index (Phi) is 2.52. The number of aliphatic imine (C=N–C) groups is 1. The molecule has 4 nitrogen and oxygen atoms in total. The number of rotatable bonds is 3. The SMILES string of the molecule is C=CC(=O)C(O)C1(C)COC(C)=N1. The van der Waals surface area contributed by atoms with E-state index in [0.29, 0.717) is 5.90 Å². The van der Waals surface area contributed by atoms with Gasteiger partial charge in [-0.05, 0) is 13.0 Å². The molecule has 0 aromatic heterocycles. The van der Waals surface area contributed by atoms with E-state index in [0.717, 1.165) is 6.08 Å². The molecule has 0 amide bonds. The standard InChI is InChI=1S/C9H13NO3/c1-4-7(11)8(12)9(3)5-13-6(2)10-9/h4,8,12H,1,5H2,2-3H3. The van der Waals surface area contributed by atoms with Crippen molar-refractivity contribution >= 4 is 11.7 Å². The van der Waals surface area contributed by atoms with Crippen molar-refractivity contribution in [2.24, 2.45) is 4.99 Å². The molecule has 72 valence electrons. The highest BCUT2D eigenvalue weighted by atomic mass is 16.5. The summed E-state index contributed by atoms with van der Waals surface area (Å²) in [5, 5.41) is 9.59. The number of carbonyl (C=O) groups is 1. The number of ketones is 1. The molecule has 0 radical (unpaired) electrons. The quantitative estimate of drug-likeness (QED) is 0.640. The number of aliphatic hydroxyl groups is 1. The fourth-order valence-corrected chi connectivity index (χ4v) is 1.23. The first-order valence-electron chi connectivity index (χ1n) is 4.03. The van der Waals surface area contributed by atoms with Gasteiger partial charge in [-0.15, -0.1) is 0 Å². The average molecular weight is 183 g/mol. The molecule has 4 heteroatoms. The zero-order valence-electron chi connectivity index (χ0n) is 7.78. The normalized spacial score (nSPS) is 29.0. The summed E-state index contributed by atoms with van der Waals surface area (Å²) in [6.45, 7) is 6.91. The van der Waals surface area contributed by atoms with E-state index in [9.17, 15) is 9.90 Å². The Hall–Kier alpha value is -1.16. The molecule has 1 rings (SSSR count). The number of nitrogens with zero attached hydrogens (tertiary/aromatic N) is 1. The Morgan fingerprint density at radius 1 is 1.92 bits per heavy atom. The Bertz CT molecular complexity index is 272. The van der Waals surface area contributed by atoms with Crippen LogP contribution in [0.3, 0.4) is 0 Å². The first-order valence-corrected chi connectivity index (χ1v) is 4.03. The molecule has 0 saturated heterocycles. The molecule has 1 aliphatic heterocycles. The summed E-state index contributed by atoms with van der Waals surface area (Å²) in [6.07, 6.45) is -0.0681. The van der Waals surface area contributed by atoms with E-state index in [1.54, 1.807) is 13.8 Å². The summed E-state index contributed by atoms with van der Waals surface area (Å²) in [6, 6.07) is 0. The highest BCUT2D eigenvalue weighted by molar-refractivity contribution is 5.94. The van der Waals surface area contributed by atoms with Crippen molar-refractivity contribution in [1.29, 1.82) is 0 Å². The molecule has 0 aliphatic carbocycles. The minimum absolute atomic E-state index is 0.236. The second kappa shape index (κ2) is 3.30. The lowest BCUT2D eigenvalue weighted by atomic mass is 9.94. The lowest BCUT2D eigenvalue weighted by molar-refractivity contribution is -0.125. The third-order valence-corrected chi connectivity index (χ3v) is 2.05. The molecule has 0 bridgehead atoms. The van der Waals surface area contributed by atoms with Crippen LogP contribution in [0.4, 0.5) is 0 Å². The molecule has 0 fully saturated rings. The smallest absolute Gasteiger partial charge is 0.186 e. The van der Waals surface area contributed by atoms with Crippen molar-refractivity contribution in [3.8, 4) is 0 Å². The molecule has 0 spiro atoms. The van der Waals surface area contributed by atoms with E-state index in [1.807, 2.05) is 0 Å². The molecule has 0 aromatic carbocycles. The Morgan fingerprint density at radius 2 is 2.54 bits per heavy atom. The van der Waals surface area contributed by atoms with Crippen LogP contribution in [-0.4, -0.2) is 35.0 Å². The second-order valence-electron chi connectivity index (χ2n) is 3.29. The molecule has 2 unspecified atom stereocenters. The van der Waals surface area contributed by atoms with Gasteiger partial charge in [0, 0.05) is 6.92 Å². The van der Waals surface area contributed by atoms with Gasteiger partial charge in [0.2, 0.25) is 0 Å². The van der Waals surface area contributed by atoms with Crippen LogP contribution in [0.25, 0.3) is 0 Å². The average Bonchev–Trinajstić information content (AvgIpc) is 2.45. The van der Waals surface area contributed by atoms with E-state index in [4.69, 9.17) is 4.74 Å². The zero-order chi connectivity index (χ0) is 10.1. The number of hydrogen-bond donors (Lipinski definition) is 1. The van der Waals surface area contributed by atoms with E-state index < -0.39 is 17.4 Å². The Morgan fingerprint density at radius 3 is 2.92 bits per heavy atom. The van der Waals surface area contributed by atoms with Crippen LogP contribution in [0.2, 0.25) is 0 Å². The van der Waals surface area contributed by atoms with Gasteiger partial charge in [-0.1, -0.05) is 6.58 Å². The van der Waals surface area contributed by atoms with E-state index >= 15 is 0 Å². The maximum atomic E-state index is 11.1. The van der Waals surface area contributed by atoms with Gasteiger partial charge in [0.15, 0.2) is 11.7 Å². The lowest BCUT2D eigenvalue weighted by Crippen LogP contribution is -2.43. The maximum absolute atomic E-state index is 11.1. The molecule has 1 heterocycles. The predicted molar refractivity (Wildman–Crippen MR) is 48.7 cm³/mol.